The van der Waals surface area contributed by atoms with Crippen LogP contribution in [0.15, 0.2) is 18.3 Å². The van der Waals surface area contributed by atoms with E-state index in [9.17, 15) is 5.11 Å². The van der Waals surface area contributed by atoms with Crippen molar-refractivity contribution in [3.63, 3.8) is 0 Å². The maximum Gasteiger partial charge on any atom is 0.0821 e. The Balaban J connectivity index is 2.71. The van der Waals surface area contributed by atoms with Crippen LogP contribution in [0.4, 0.5) is 0 Å². The second-order valence-corrected chi connectivity index (χ2v) is 3.97. The van der Waals surface area contributed by atoms with Crippen LogP contribution in [0.3, 0.4) is 0 Å². The SMILES string of the molecule is CCc1ccc(CC(O)(CC)CN)nc1. The molecule has 1 aromatic heterocycles. The van der Waals surface area contributed by atoms with Crippen molar-refractivity contribution in [2.45, 2.75) is 38.7 Å². The first-order valence-electron chi connectivity index (χ1n) is 5.50. The lowest BCUT2D eigenvalue weighted by molar-refractivity contribution is 0.0446. The Morgan fingerprint density at radius 1 is 1.40 bits per heavy atom. The van der Waals surface area contributed by atoms with Gasteiger partial charge < -0.3 is 10.8 Å². The van der Waals surface area contributed by atoms with Crippen LogP contribution in [0.5, 0.6) is 0 Å². The zero-order chi connectivity index (χ0) is 11.3. The molecule has 0 aliphatic carbocycles. The summed E-state index contributed by atoms with van der Waals surface area (Å²) >= 11 is 0. The fourth-order valence-corrected chi connectivity index (χ4v) is 1.45. The predicted octanol–water partition coefficient (Wildman–Crippen LogP) is 1.29. The fourth-order valence-electron chi connectivity index (χ4n) is 1.45. The van der Waals surface area contributed by atoms with E-state index in [1.165, 1.54) is 5.56 Å². The molecule has 0 aromatic carbocycles. The molecule has 0 aliphatic rings. The molecule has 0 spiro atoms. The third-order valence-corrected chi connectivity index (χ3v) is 2.84. The maximum absolute atomic E-state index is 10.0. The minimum atomic E-state index is -0.805. The first-order valence-corrected chi connectivity index (χ1v) is 5.50. The Morgan fingerprint density at radius 2 is 2.13 bits per heavy atom. The van der Waals surface area contributed by atoms with Crippen molar-refractivity contribution in [1.29, 1.82) is 0 Å². The number of aryl methyl sites for hydroxylation is 1. The highest BCUT2D eigenvalue weighted by atomic mass is 16.3. The van der Waals surface area contributed by atoms with Gasteiger partial charge in [-0.25, -0.2) is 0 Å². The minimum Gasteiger partial charge on any atom is -0.388 e. The van der Waals surface area contributed by atoms with Gasteiger partial charge in [-0.2, -0.15) is 0 Å². The molecule has 0 saturated carbocycles. The lowest BCUT2D eigenvalue weighted by atomic mass is 9.94. The third kappa shape index (κ3) is 3.29. The number of rotatable bonds is 5. The molecule has 1 atom stereocenters. The van der Waals surface area contributed by atoms with Crippen LogP contribution in [-0.4, -0.2) is 22.2 Å². The van der Waals surface area contributed by atoms with E-state index < -0.39 is 5.60 Å². The molecular weight excluding hydrogens is 188 g/mol. The Morgan fingerprint density at radius 3 is 2.53 bits per heavy atom. The molecule has 3 N–H and O–H groups in total. The quantitative estimate of drug-likeness (QED) is 0.766. The van der Waals surface area contributed by atoms with E-state index >= 15 is 0 Å². The van der Waals surface area contributed by atoms with E-state index in [-0.39, 0.29) is 6.54 Å². The number of aliphatic hydroxyl groups is 1. The van der Waals surface area contributed by atoms with E-state index in [2.05, 4.69) is 18.0 Å². The molecule has 1 aromatic rings. The van der Waals surface area contributed by atoms with Gasteiger partial charge in [-0.1, -0.05) is 19.9 Å². The lowest BCUT2D eigenvalue weighted by Crippen LogP contribution is -2.39. The second-order valence-electron chi connectivity index (χ2n) is 3.97. The average molecular weight is 208 g/mol. The molecule has 3 heteroatoms. The van der Waals surface area contributed by atoms with Gasteiger partial charge >= 0.3 is 0 Å². The third-order valence-electron chi connectivity index (χ3n) is 2.84. The van der Waals surface area contributed by atoms with E-state index in [0.717, 1.165) is 12.1 Å². The highest BCUT2D eigenvalue weighted by Crippen LogP contribution is 2.14. The predicted molar refractivity (Wildman–Crippen MR) is 61.6 cm³/mol. The number of nitrogens with zero attached hydrogens (tertiary/aromatic N) is 1. The van der Waals surface area contributed by atoms with Crippen molar-refractivity contribution in [2.75, 3.05) is 6.54 Å². The van der Waals surface area contributed by atoms with Gasteiger partial charge in [0, 0.05) is 24.9 Å². The summed E-state index contributed by atoms with van der Waals surface area (Å²) in [4.78, 5) is 4.31. The normalized spacial score (nSPS) is 14.9. The zero-order valence-corrected chi connectivity index (χ0v) is 9.53. The monoisotopic (exact) mass is 208 g/mol. The zero-order valence-electron chi connectivity index (χ0n) is 9.53. The van der Waals surface area contributed by atoms with Crippen molar-refractivity contribution >= 4 is 0 Å². The van der Waals surface area contributed by atoms with Crippen LogP contribution in [0.1, 0.15) is 31.5 Å². The van der Waals surface area contributed by atoms with Gasteiger partial charge in [0.2, 0.25) is 0 Å². The molecule has 0 saturated heterocycles. The molecule has 15 heavy (non-hydrogen) atoms. The van der Waals surface area contributed by atoms with Crippen LogP contribution >= 0.6 is 0 Å². The molecule has 1 rings (SSSR count). The minimum absolute atomic E-state index is 0.278. The van der Waals surface area contributed by atoms with Gasteiger partial charge in [0.25, 0.3) is 0 Å². The molecule has 1 heterocycles. The summed E-state index contributed by atoms with van der Waals surface area (Å²) in [7, 11) is 0. The average Bonchev–Trinajstić information content (AvgIpc) is 2.30. The molecular formula is C12H20N2O. The Bertz CT molecular complexity index is 291. The fraction of sp³-hybridized carbons (Fsp3) is 0.583. The van der Waals surface area contributed by atoms with Gasteiger partial charge in [-0.15, -0.1) is 0 Å². The number of nitrogens with two attached hydrogens (primary N) is 1. The maximum atomic E-state index is 10.0. The number of hydrogen-bond donors (Lipinski definition) is 2. The van der Waals surface area contributed by atoms with Crippen molar-refractivity contribution in [2.24, 2.45) is 5.73 Å². The van der Waals surface area contributed by atoms with Crippen LogP contribution in [0, 0.1) is 0 Å². The Kier molecular flexibility index (Phi) is 4.24. The molecule has 0 aliphatic heterocycles. The van der Waals surface area contributed by atoms with E-state index in [4.69, 9.17) is 5.73 Å². The molecule has 84 valence electrons. The first-order chi connectivity index (χ1) is 7.13. The molecule has 0 amide bonds. The van der Waals surface area contributed by atoms with Crippen molar-refractivity contribution in [3.8, 4) is 0 Å². The highest BCUT2D eigenvalue weighted by Gasteiger charge is 2.23. The standard InChI is InChI=1S/C12H20N2O/c1-3-10-5-6-11(14-8-10)7-12(15,4-2)9-13/h5-6,8,15H,3-4,7,9,13H2,1-2H3. The molecule has 0 fully saturated rings. The van der Waals surface area contributed by atoms with Gasteiger partial charge in [0.05, 0.1) is 5.60 Å². The number of pyridine rings is 1. The van der Waals surface area contributed by atoms with Gasteiger partial charge in [-0.3, -0.25) is 4.98 Å². The topological polar surface area (TPSA) is 59.1 Å². The van der Waals surface area contributed by atoms with Crippen molar-refractivity contribution < 1.29 is 5.11 Å². The van der Waals surface area contributed by atoms with Crippen LogP contribution in [-0.2, 0) is 12.8 Å². The van der Waals surface area contributed by atoms with Crippen molar-refractivity contribution in [3.05, 3.63) is 29.6 Å². The highest BCUT2D eigenvalue weighted by molar-refractivity contribution is 5.15. The van der Waals surface area contributed by atoms with Gasteiger partial charge in [0.15, 0.2) is 0 Å². The summed E-state index contributed by atoms with van der Waals surface area (Å²) in [6, 6.07) is 4.02. The van der Waals surface area contributed by atoms with E-state index in [1.54, 1.807) is 0 Å². The largest absolute Gasteiger partial charge is 0.388 e. The summed E-state index contributed by atoms with van der Waals surface area (Å²) in [5.74, 6) is 0. The van der Waals surface area contributed by atoms with Gasteiger partial charge in [0.1, 0.15) is 0 Å². The van der Waals surface area contributed by atoms with Gasteiger partial charge in [-0.05, 0) is 24.5 Å². The first kappa shape index (κ1) is 12.1. The summed E-state index contributed by atoms with van der Waals surface area (Å²) in [6.07, 6.45) is 4.04. The molecule has 0 radical (unpaired) electrons. The lowest BCUT2D eigenvalue weighted by Gasteiger charge is -2.24. The smallest absolute Gasteiger partial charge is 0.0821 e. The Labute approximate surface area is 91.3 Å². The summed E-state index contributed by atoms with van der Waals surface area (Å²) in [5, 5.41) is 10.0. The van der Waals surface area contributed by atoms with Crippen LogP contribution < -0.4 is 5.73 Å². The summed E-state index contributed by atoms with van der Waals surface area (Å²) < 4.78 is 0. The molecule has 3 nitrogen and oxygen atoms in total. The molecule has 0 bridgehead atoms. The summed E-state index contributed by atoms with van der Waals surface area (Å²) in [5.41, 5.74) is 6.86. The number of hydrogen-bond acceptors (Lipinski definition) is 3. The van der Waals surface area contributed by atoms with Crippen LogP contribution in [0.2, 0.25) is 0 Å². The second kappa shape index (κ2) is 5.24. The molecule has 1 unspecified atom stereocenters. The van der Waals surface area contributed by atoms with Crippen LogP contribution in [0.25, 0.3) is 0 Å². The van der Waals surface area contributed by atoms with Crippen molar-refractivity contribution in [1.82, 2.24) is 4.98 Å². The summed E-state index contributed by atoms with van der Waals surface area (Å²) in [6.45, 7) is 4.31. The van der Waals surface area contributed by atoms with E-state index in [1.807, 2.05) is 19.2 Å². The van der Waals surface area contributed by atoms with E-state index in [0.29, 0.717) is 12.8 Å². The Hall–Kier alpha value is -0.930. The number of aromatic nitrogens is 1.